The average molecular weight is 220 g/mol. The minimum Gasteiger partial charge on any atom is -0.397 e. The van der Waals surface area contributed by atoms with Gasteiger partial charge in [-0.05, 0) is 12.1 Å². The zero-order valence-electron chi connectivity index (χ0n) is 6.73. The minimum absolute atomic E-state index is 0.217. The Morgan fingerprint density at radius 2 is 2.15 bits per heavy atom. The molecule has 0 atom stereocenters. The Hall–Kier alpha value is -0.730. The van der Waals surface area contributed by atoms with Gasteiger partial charge in [0.1, 0.15) is 5.82 Å². The number of anilines is 1. The van der Waals surface area contributed by atoms with E-state index in [2.05, 4.69) is 0 Å². The molecule has 1 nitrogen and oxygen atoms in total. The molecule has 0 bridgehead atoms. The lowest BCUT2D eigenvalue weighted by Gasteiger charge is -2.02. The second-order valence-corrected chi connectivity index (χ2v) is 3.16. The summed E-state index contributed by atoms with van der Waals surface area (Å²) in [6.07, 6.45) is 3.31. The topological polar surface area (TPSA) is 26.0 Å². The van der Waals surface area contributed by atoms with Crippen molar-refractivity contribution >= 4 is 35.0 Å². The molecule has 0 radical (unpaired) electrons. The lowest BCUT2D eigenvalue weighted by Crippen LogP contribution is -1.92. The molecule has 4 heteroatoms. The molecule has 70 valence electrons. The summed E-state index contributed by atoms with van der Waals surface area (Å²) in [5.74, 6) is -0.0541. The quantitative estimate of drug-likeness (QED) is 0.600. The number of allylic oxidation sites excluding steroid dienone is 1. The van der Waals surface area contributed by atoms with Crippen LogP contribution in [0.25, 0.3) is 6.08 Å². The van der Waals surface area contributed by atoms with Gasteiger partial charge in [-0.1, -0.05) is 23.8 Å². The summed E-state index contributed by atoms with van der Waals surface area (Å²) in [6, 6.07) is 2.49. The van der Waals surface area contributed by atoms with Gasteiger partial charge in [-0.25, -0.2) is 4.39 Å². The molecule has 1 rings (SSSR count). The lowest BCUT2D eigenvalue weighted by molar-refractivity contribution is 0.628. The van der Waals surface area contributed by atoms with E-state index in [4.69, 9.17) is 28.9 Å². The van der Waals surface area contributed by atoms with E-state index in [0.29, 0.717) is 17.1 Å². The summed E-state index contributed by atoms with van der Waals surface area (Å²) in [7, 11) is 0. The van der Waals surface area contributed by atoms with E-state index < -0.39 is 5.82 Å². The SMILES string of the molecule is Nc1c(Cl)cc(F)cc1C=CCCl. The normalized spacial score (nSPS) is 11.0. The molecule has 0 heterocycles. The first-order valence-electron chi connectivity index (χ1n) is 3.62. The highest BCUT2D eigenvalue weighted by Crippen LogP contribution is 2.25. The van der Waals surface area contributed by atoms with Gasteiger partial charge in [0.2, 0.25) is 0 Å². The van der Waals surface area contributed by atoms with E-state index in [0.717, 1.165) is 0 Å². The molecule has 2 N–H and O–H groups in total. The van der Waals surface area contributed by atoms with Crippen LogP contribution >= 0.6 is 23.2 Å². The molecule has 0 aromatic heterocycles. The van der Waals surface area contributed by atoms with Crippen LogP contribution < -0.4 is 5.73 Å². The molecule has 13 heavy (non-hydrogen) atoms. The average Bonchev–Trinajstić information content (AvgIpc) is 2.09. The van der Waals surface area contributed by atoms with Crippen LogP contribution in [0.5, 0.6) is 0 Å². The molecule has 0 spiro atoms. The first-order chi connectivity index (χ1) is 6.15. The highest BCUT2D eigenvalue weighted by molar-refractivity contribution is 6.33. The number of rotatable bonds is 2. The second kappa shape index (κ2) is 4.49. The standard InChI is InChI=1S/C9H8Cl2FN/c10-3-1-2-6-4-7(12)5-8(11)9(6)13/h1-2,4-5H,3,13H2. The zero-order chi connectivity index (χ0) is 9.84. The molecular formula is C9H8Cl2FN. The molecule has 0 aliphatic rings. The van der Waals surface area contributed by atoms with Gasteiger partial charge in [0.15, 0.2) is 0 Å². The molecule has 0 fully saturated rings. The van der Waals surface area contributed by atoms with Gasteiger partial charge in [0.05, 0.1) is 10.7 Å². The van der Waals surface area contributed by atoms with Crippen molar-refractivity contribution in [1.29, 1.82) is 0 Å². The van der Waals surface area contributed by atoms with Gasteiger partial charge in [-0.3, -0.25) is 0 Å². The minimum atomic E-state index is -0.409. The fourth-order valence-corrected chi connectivity index (χ4v) is 1.22. The van der Waals surface area contributed by atoms with E-state index in [9.17, 15) is 4.39 Å². The Balaban J connectivity index is 3.12. The van der Waals surface area contributed by atoms with E-state index in [1.54, 1.807) is 12.2 Å². The smallest absolute Gasteiger partial charge is 0.125 e. The van der Waals surface area contributed by atoms with Gasteiger partial charge in [0, 0.05) is 11.4 Å². The number of alkyl halides is 1. The lowest BCUT2D eigenvalue weighted by atomic mass is 10.1. The van der Waals surface area contributed by atoms with Gasteiger partial charge in [0.25, 0.3) is 0 Å². The molecule has 1 aromatic carbocycles. The Bertz CT molecular complexity index is 337. The van der Waals surface area contributed by atoms with Gasteiger partial charge in [-0.2, -0.15) is 0 Å². The molecular weight excluding hydrogens is 212 g/mol. The molecule has 0 aliphatic heterocycles. The number of hydrogen-bond acceptors (Lipinski definition) is 1. The second-order valence-electron chi connectivity index (χ2n) is 2.45. The van der Waals surface area contributed by atoms with Crippen molar-refractivity contribution < 1.29 is 4.39 Å². The predicted molar refractivity (Wildman–Crippen MR) is 55.6 cm³/mol. The van der Waals surface area contributed by atoms with Crippen LogP contribution in [0, 0.1) is 5.82 Å². The Kier molecular flexibility index (Phi) is 3.58. The molecule has 0 saturated heterocycles. The number of nitrogen functional groups attached to an aromatic ring is 1. The largest absolute Gasteiger partial charge is 0.397 e. The van der Waals surface area contributed by atoms with Crippen molar-refractivity contribution in [1.82, 2.24) is 0 Å². The maximum Gasteiger partial charge on any atom is 0.125 e. The fourth-order valence-electron chi connectivity index (χ4n) is 0.914. The predicted octanol–water partition coefficient (Wildman–Crippen LogP) is 3.31. The number of halogens is 3. The molecule has 0 unspecified atom stereocenters. The fraction of sp³-hybridized carbons (Fsp3) is 0.111. The summed E-state index contributed by atoms with van der Waals surface area (Å²) in [4.78, 5) is 0. The molecule has 0 saturated carbocycles. The van der Waals surface area contributed by atoms with E-state index in [-0.39, 0.29) is 5.02 Å². The first kappa shape index (κ1) is 10.4. The van der Waals surface area contributed by atoms with Gasteiger partial charge >= 0.3 is 0 Å². The van der Waals surface area contributed by atoms with Crippen LogP contribution in [-0.4, -0.2) is 5.88 Å². The third-order valence-corrected chi connectivity index (χ3v) is 2.00. The Morgan fingerprint density at radius 1 is 1.46 bits per heavy atom. The van der Waals surface area contributed by atoms with Crippen molar-refractivity contribution in [3.8, 4) is 0 Å². The van der Waals surface area contributed by atoms with E-state index in [1.807, 2.05) is 0 Å². The van der Waals surface area contributed by atoms with Crippen molar-refractivity contribution in [3.63, 3.8) is 0 Å². The van der Waals surface area contributed by atoms with Crippen molar-refractivity contribution in [3.05, 3.63) is 34.6 Å². The molecule has 1 aromatic rings. The third kappa shape index (κ3) is 2.61. The summed E-state index contributed by atoms with van der Waals surface area (Å²) >= 11 is 11.1. The maximum absolute atomic E-state index is 12.8. The van der Waals surface area contributed by atoms with Crippen LogP contribution in [0.2, 0.25) is 5.02 Å². The Morgan fingerprint density at radius 3 is 2.77 bits per heavy atom. The number of benzene rings is 1. The summed E-state index contributed by atoms with van der Waals surface area (Å²) in [6.45, 7) is 0. The van der Waals surface area contributed by atoms with E-state index in [1.165, 1.54) is 12.1 Å². The molecule has 0 aliphatic carbocycles. The van der Waals surface area contributed by atoms with Crippen molar-refractivity contribution in [2.24, 2.45) is 0 Å². The van der Waals surface area contributed by atoms with Crippen LogP contribution in [0.3, 0.4) is 0 Å². The monoisotopic (exact) mass is 219 g/mol. The maximum atomic E-state index is 12.8. The van der Waals surface area contributed by atoms with Crippen LogP contribution in [-0.2, 0) is 0 Å². The summed E-state index contributed by atoms with van der Waals surface area (Å²) < 4.78 is 12.8. The van der Waals surface area contributed by atoms with Crippen molar-refractivity contribution in [2.75, 3.05) is 11.6 Å². The summed E-state index contributed by atoms with van der Waals surface area (Å²) in [5, 5.41) is 0.217. The highest BCUT2D eigenvalue weighted by atomic mass is 35.5. The van der Waals surface area contributed by atoms with Crippen LogP contribution in [0.15, 0.2) is 18.2 Å². The third-order valence-electron chi connectivity index (χ3n) is 1.51. The number of hydrogen-bond donors (Lipinski definition) is 1. The van der Waals surface area contributed by atoms with Gasteiger partial charge < -0.3 is 5.73 Å². The molecule has 0 amide bonds. The van der Waals surface area contributed by atoms with Gasteiger partial charge in [-0.15, -0.1) is 11.6 Å². The summed E-state index contributed by atoms with van der Waals surface area (Å²) in [5.41, 5.74) is 6.51. The first-order valence-corrected chi connectivity index (χ1v) is 4.53. The zero-order valence-corrected chi connectivity index (χ0v) is 8.24. The number of nitrogens with two attached hydrogens (primary N) is 1. The highest BCUT2D eigenvalue weighted by Gasteiger charge is 2.03. The van der Waals surface area contributed by atoms with E-state index >= 15 is 0 Å². The Labute approximate surface area is 85.9 Å². The van der Waals surface area contributed by atoms with Crippen LogP contribution in [0.1, 0.15) is 5.56 Å². The van der Waals surface area contributed by atoms with Crippen molar-refractivity contribution in [2.45, 2.75) is 0 Å². The van der Waals surface area contributed by atoms with Crippen LogP contribution in [0.4, 0.5) is 10.1 Å².